The Morgan fingerprint density at radius 2 is 2.00 bits per heavy atom. The summed E-state index contributed by atoms with van der Waals surface area (Å²) in [4.78, 5) is 0. The predicted molar refractivity (Wildman–Crippen MR) is 85.6 cm³/mol. The van der Waals surface area contributed by atoms with Crippen molar-refractivity contribution in [3.8, 4) is 0 Å². The van der Waals surface area contributed by atoms with E-state index in [0.29, 0.717) is 4.47 Å². The van der Waals surface area contributed by atoms with Gasteiger partial charge in [-0.15, -0.1) is 0 Å². The van der Waals surface area contributed by atoms with Gasteiger partial charge < -0.3 is 10.1 Å². The van der Waals surface area contributed by atoms with Crippen molar-refractivity contribution in [1.82, 2.24) is 5.32 Å². The maximum atomic E-state index is 13.3. The second kappa shape index (κ2) is 8.75. The van der Waals surface area contributed by atoms with Gasteiger partial charge in [-0.2, -0.15) is 0 Å². The molecule has 0 aliphatic rings. The Balaban J connectivity index is 2.71. The summed E-state index contributed by atoms with van der Waals surface area (Å²) < 4.78 is 18.9. The number of hydrogen-bond donors (Lipinski definition) is 1. The van der Waals surface area contributed by atoms with Crippen molar-refractivity contribution in [3.63, 3.8) is 0 Å². The largest absolute Gasteiger partial charge is 0.383 e. The lowest BCUT2D eigenvalue weighted by Gasteiger charge is -2.32. The molecule has 114 valence electrons. The third kappa shape index (κ3) is 5.15. The molecule has 0 spiro atoms. The van der Waals surface area contributed by atoms with Crippen LogP contribution in [-0.4, -0.2) is 26.8 Å². The maximum absolute atomic E-state index is 13.3. The van der Waals surface area contributed by atoms with Crippen LogP contribution in [0.2, 0.25) is 0 Å². The van der Waals surface area contributed by atoms with Crippen LogP contribution in [0.1, 0.15) is 32.3 Å². The quantitative estimate of drug-likeness (QED) is 0.678. The predicted octanol–water partition coefficient (Wildman–Crippen LogP) is 4.17. The average molecular weight is 346 g/mol. The highest BCUT2D eigenvalue weighted by molar-refractivity contribution is 9.10. The van der Waals surface area contributed by atoms with Crippen LogP contribution in [0.3, 0.4) is 0 Å². The first kappa shape index (κ1) is 17.6. The van der Waals surface area contributed by atoms with Crippen LogP contribution in [0.15, 0.2) is 22.7 Å². The van der Waals surface area contributed by atoms with E-state index in [1.807, 2.05) is 12.1 Å². The van der Waals surface area contributed by atoms with Gasteiger partial charge in [0.15, 0.2) is 0 Å². The van der Waals surface area contributed by atoms with Crippen molar-refractivity contribution in [1.29, 1.82) is 0 Å². The number of rotatable bonds is 9. The van der Waals surface area contributed by atoms with Crippen molar-refractivity contribution in [3.05, 3.63) is 34.1 Å². The van der Waals surface area contributed by atoms with E-state index < -0.39 is 0 Å². The number of hydrogen-bond acceptors (Lipinski definition) is 2. The summed E-state index contributed by atoms with van der Waals surface area (Å²) in [6, 6.07) is 5.31. The van der Waals surface area contributed by atoms with E-state index in [9.17, 15) is 4.39 Å². The molecule has 0 amide bonds. The normalized spacial score (nSPS) is 11.8. The summed E-state index contributed by atoms with van der Waals surface area (Å²) in [6.07, 6.45) is 3.15. The lowest BCUT2D eigenvalue weighted by Crippen LogP contribution is -2.36. The molecule has 0 saturated carbocycles. The molecule has 0 aliphatic heterocycles. The van der Waals surface area contributed by atoms with Crippen LogP contribution in [-0.2, 0) is 11.2 Å². The third-order valence-corrected chi connectivity index (χ3v) is 4.65. The Hall–Kier alpha value is -0.450. The van der Waals surface area contributed by atoms with Crippen LogP contribution in [0.5, 0.6) is 0 Å². The van der Waals surface area contributed by atoms with Crippen LogP contribution in [0.25, 0.3) is 0 Å². The topological polar surface area (TPSA) is 21.3 Å². The van der Waals surface area contributed by atoms with E-state index >= 15 is 0 Å². The highest BCUT2D eigenvalue weighted by Crippen LogP contribution is 2.31. The molecule has 0 atom stereocenters. The minimum absolute atomic E-state index is 0.203. The van der Waals surface area contributed by atoms with Crippen LogP contribution < -0.4 is 5.32 Å². The van der Waals surface area contributed by atoms with Crippen molar-refractivity contribution in [2.75, 3.05) is 26.8 Å². The molecule has 0 heterocycles. The number of benzene rings is 1. The fourth-order valence-electron chi connectivity index (χ4n) is 2.42. The minimum Gasteiger partial charge on any atom is -0.383 e. The summed E-state index contributed by atoms with van der Waals surface area (Å²) in [6.45, 7) is 7.00. The van der Waals surface area contributed by atoms with Crippen LogP contribution in [0.4, 0.5) is 4.39 Å². The monoisotopic (exact) mass is 345 g/mol. The van der Waals surface area contributed by atoms with Gasteiger partial charge in [0.1, 0.15) is 5.82 Å². The maximum Gasteiger partial charge on any atom is 0.137 e. The van der Waals surface area contributed by atoms with Crippen molar-refractivity contribution < 1.29 is 9.13 Å². The fraction of sp³-hybridized carbons (Fsp3) is 0.625. The summed E-state index contributed by atoms with van der Waals surface area (Å²) in [7, 11) is 1.71. The van der Waals surface area contributed by atoms with E-state index in [-0.39, 0.29) is 11.2 Å². The lowest BCUT2D eigenvalue weighted by atomic mass is 9.77. The van der Waals surface area contributed by atoms with E-state index in [2.05, 4.69) is 35.1 Å². The molecule has 1 aromatic rings. The molecule has 0 aliphatic carbocycles. The number of halogens is 2. The lowest BCUT2D eigenvalue weighted by molar-refractivity contribution is 0.185. The van der Waals surface area contributed by atoms with E-state index in [0.717, 1.165) is 39.0 Å². The van der Waals surface area contributed by atoms with Gasteiger partial charge in [-0.05, 0) is 58.3 Å². The molecule has 4 heteroatoms. The van der Waals surface area contributed by atoms with Gasteiger partial charge in [0.25, 0.3) is 0 Å². The smallest absolute Gasteiger partial charge is 0.137 e. The molecule has 1 N–H and O–H groups in total. The molecular weight excluding hydrogens is 321 g/mol. The fourth-order valence-corrected chi connectivity index (χ4v) is 2.85. The van der Waals surface area contributed by atoms with Gasteiger partial charge in [0.2, 0.25) is 0 Å². The Labute approximate surface area is 130 Å². The number of ether oxygens (including phenoxy) is 1. The van der Waals surface area contributed by atoms with Gasteiger partial charge in [-0.25, -0.2) is 4.39 Å². The Bertz CT molecular complexity index is 407. The molecule has 1 rings (SSSR count). The SMILES string of the molecule is CCC(CC)(CNCCOC)Cc1ccc(F)c(Br)c1. The van der Waals surface area contributed by atoms with Gasteiger partial charge in [-0.3, -0.25) is 0 Å². The van der Waals surface area contributed by atoms with E-state index in [1.54, 1.807) is 7.11 Å². The second-order valence-corrected chi connectivity index (χ2v) is 6.16. The van der Waals surface area contributed by atoms with Crippen molar-refractivity contribution >= 4 is 15.9 Å². The molecule has 0 unspecified atom stereocenters. The van der Waals surface area contributed by atoms with Crippen molar-refractivity contribution in [2.24, 2.45) is 5.41 Å². The zero-order valence-electron chi connectivity index (χ0n) is 12.6. The van der Waals surface area contributed by atoms with E-state index in [4.69, 9.17) is 4.74 Å². The zero-order chi connectivity index (χ0) is 15.0. The Morgan fingerprint density at radius 1 is 1.30 bits per heavy atom. The molecule has 1 aromatic carbocycles. The second-order valence-electron chi connectivity index (χ2n) is 5.30. The first-order valence-corrected chi connectivity index (χ1v) is 8.00. The number of nitrogens with one attached hydrogen (secondary N) is 1. The Kier molecular flexibility index (Phi) is 7.70. The average Bonchev–Trinajstić information content (AvgIpc) is 2.46. The standard InChI is InChI=1S/C16H25BrFNO/c1-4-16(5-2,12-19-8-9-20-3)11-13-6-7-15(18)14(17)10-13/h6-7,10,19H,4-5,8-9,11-12H2,1-3H3. The van der Waals surface area contributed by atoms with Gasteiger partial charge in [0.05, 0.1) is 11.1 Å². The molecule has 20 heavy (non-hydrogen) atoms. The molecule has 0 radical (unpaired) electrons. The summed E-state index contributed by atoms with van der Waals surface area (Å²) in [5.41, 5.74) is 1.39. The summed E-state index contributed by atoms with van der Waals surface area (Å²) in [5, 5.41) is 3.46. The molecule has 0 aromatic heterocycles. The minimum atomic E-state index is -0.203. The highest BCUT2D eigenvalue weighted by atomic mass is 79.9. The molecule has 0 saturated heterocycles. The van der Waals surface area contributed by atoms with Crippen LogP contribution >= 0.6 is 15.9 Å². The highest BCUT2D eigenvalue weighted by Gasteiger charge is 2.26. The Morgan fingerprint density at radius 3 is 2.55 bits per heavy atom. The van der Waals surface area contributed by atoms with Gasteiger partial charge >= 0.3 is 0 Å². The zero-order valence-corrected chi connectivity index (χ0v) is 14.2. The first-order valence-electron chi connectivity index (χ1n) is 7.20. The molecule has 0 bridgehead atoms. The van der Waals surface area contributed by atoms with Crippen molar-refractivity contribution in [2.45, 2.75) is 33.1 Å². The van der Waals surface area contributed by atoms with Gasteiger partial charge in [0, 0.05) is 20.2 Å². The third-order valence-electron chi connectivity index (χ3n) is 4.05. The molecule has 0 fully saturated rings. The van der Waals surface area contributed by atoms with Crippen LogP contribution in [0, 0.1) is 11.2 Å². The van der Waals surface area contributed by atoms with Gasteiger partial charge in [-0.1, -0.05) is 19.9 Å². The summed E-state index contributed by atoms with van der Waals surface area (Å²) >= 11 is 3.26. The molecular formula is C16H25BrFNO. The van der Waals surface area contributed by atoms with E-state index in [1.165, 1.54) is 11.6 Å². The molecule has 2 nitrogen and oxygen atoms in total. The first-order chi connectivity index (χ1) is 9.56. The number of methoxy groups -OCH3 is 1. The summed E-state index contributed by atoms with van der Waals surface area (Å²) in [5.74, 6) is -0.203.